The molecule has 0 unspecified atom stereocenters. The van der Waals surface area contributed by atoms with Crippen LogP contribution >= 0.6 is 0 Å². The van der Waals surface area contributed by atoms with Crippen LogP contribution in [0.2, 0.25) is 0 Å². The quantitative estimate of drug-likeness (QED) is 0.709. The fraction of sp³-hybridized carbons (Fsp3) is 0.389. The van der Waals surface area contributed by atoms with Gasteiger partial charge < -0.3 is 0 Å². The summed E-state index contributed by atoms with van der Waals surface area (Å²) in [6.45, 7) is 10.8. The van der Waals surface area contributed by atoms with Gasteiger partial charge in [-0.15, -0.1) is 0 Å². The van der Waals surface area contributed by atoms with Crippen LogP contribution < -0.4 is 0 Å². The van der Waals surface area contributed by atoms with E-state index in [1.54, 1.807) is 0 Å². The number of hydrogen-bond acceptors (Lipinski definition) is 1. The van der Waals surface area contributed by atoms with Gasteiger partial charge in [-0.25, -0.2) is 0 Å². The number of rotatable bonds is 3. The van der Waals surface area contributed by atoms with Crippen LogP contribution in [-0.4, -0.2) is 4.98 Å². The van der Waals surface area contributed by atoms with Gasteiger partial charge in [0.15, 0.2) is 0 Å². The molecule has 2 rings (SSSR count). The summed E-state index contributed by atoms with van der Waals surface area (Å²) in [6.07, 6.45) is 2.97. The van der Waals surface area contributed by atoms with Crippen LogP contribution in [-0.2, 0) is 5.41 Å². The van der Waals surface area contributed by atoms with Crippen molar-refractivity contribution in [1.82, 2.24) is 4.98 Å². The SMILES string of the molecule is CC.CCC(C)(C)c1ccccc1-c1ccccn1. The van der Waals surface area contributed by atoms with Crippen LogP contribution in [0.25, 0.3) is 11.3 Å². The molecule has 0 amide bonds. The van der Waals surface area contributed by atoms with Crippen LogP contribution in [0.15, 0.2) is 48.7 Å². The second-order valence-electron chi connectivity index (χ2n) is 5.00. The molecule has 1 nitrogen and oxygen atoms in total. The molecule has 0 fully saturated rings. The summed E-state index contributed by atoms with van der Waals surface area (Å²) >= 11 is 0. The average Bonchev–Trinajstić information content (AvgIpc) is 2.50. The molecule has 0 saturated carbocycles. The summed E-state index contributed by atoms with van der Waals surface area (Å²) in [5.74, 6) is 0. The minimum atomic E-state index is 0.189. The minimum Gasteiger partial charge on any atom is -0.256 e. The third-order valence-electron chi connectivity index (χ3n) is 3.48. The lowest BCUT2D eigenvalue weighted by molar-refractivity contribution is 0.507. The van der Waals surface area contributed by atoms with Gasteiger partial charge >= 0.3 is 0 Å². The van der Waals surface area contributed by atoms with E-state index in [4.69, 9.17) is 0 Å². The van der Waals surface area contributed by atoms with Crippen molar-refractivity contribution < 1.29 is 0 Å². The molecule has 0 aliphatic heterocycles. The predicted molar refractivity (Wildman–Crippen MR) is 84.3 cm³/mol. The number of nitrogens with zero attached hydrogens (tertiary/aromatic N) is 1. The first kappa shape index (κ1) is 15.4. The first-order valence-corrected chi connectivity index (χ1v) is 7.16. The van der Waals surface area contributed by atoms with Gasteiger partial charge in [0.1, 0.15) is 0 Å². The average molecular weight is 255 g/mol. The highest BCUT2D eigenvalue weighted by Gasteiger charge is 2.21. The van der Waals surface area contributed by atoms with Crippen molar-refractivity contribution in [1.29, 1.82) is 0 Å². The first-order valence-electron chi connectivity index (χ1n) is 7.16. The van der Waals surface area contributed by atoms with Gasteiger partial charge in [0.2, 0.25) is 0 Å². The van der Waals surface area contributed by atoms with Gasteiger partial charge in [0.05, 0.1) is 5.69 Å². The molecule has 19 heavy (non-hydrogen) atoms. The summed E-state index contributed by atoms with van der Waals surface area (Å²) in [6, 6.07) is 14.6. The molecule has 1 heterocycles. The maximum absolute atomic E-state index is 4.46. The summed E-state index contributed by atoms with van der Waals surface area (Å²) in [5.41, 5.74) is 3.87. The third-order valence-corrected chi connectivity index (χ3v) is 3.48. The lowest BCUT2D eigenvalue weighted by Gasteiger charge is -2.26. The molecule has 1 heteroatoms. The number of hydrogen-bond donors (Lipinski definition) is 0. The molecule has 0 aliphatic rings. The molecule has 0 aliphatic carbocycles. The zero-order chi connectivity index (χ0) is 14.3. The van der Waals surface area contributed by atoms with Gasteiger partial charge in [-0.2, -0.15) is 0 Å². The van der Waals surface area contributed by atoms with Crippen LogP contribution in [0.3, 0.4) is 0 Å². The molecular weight excluding hydrogens is 230 g/mol. The van der Waals surface area contributed by atoms with Gasteiger partial charge in [-0.1, -0.05) is 65.0 Å². The largest absolute Gasteiger partial charge is 0.256 e. The van der Waals surface area contributed by atoms with E-state index >= 15 is 0 Å². The van der Waals surface area contributed by atoms with E-state index in [1.807, 2.05) is 32.2 Å². The molecule has 0 radical (unpaired) electrons. The molecule has 0 spiro atoms. The Kier molecular flexibility index (Phi) is 5.75. The normalized spacial score (nSPS) is 10.6. The summed E-state index contributed by atoms with van der Waals surface area (Å²) in [5, 5.41) is 0. The van der Waals surface area contributed by atoms with Crippen molar-refractivity contribution in [2.75, 3.05) is 0 Å². The lowest BCUT2D eigenvalue weighted by atomic mass is 9.79. The standard InChI is InChI=1S/C16H19N.C2H6/c1-4-16(2,3)14-10-6-5-9-13(14)15-11-7-8-12-17-15;1-2/h5-12H,4H2,1-3H3;1-2H3. The second-order valence-corrected chi connectivity index (χ2v) is 5.00. The zero-order valence-electron chi connectivity index (χ0n) is 12.8. The number of pyridine rings is 1. The second kappa shape index (κ2) is 7.08. The van der Waals surface area contributed by atoms with Crippen molar-refractivity contribution in [2.24, 2.45) is 0 Å². The highest BCUT2D eigenvalue weighted by molar-refractivity contribution is 5.65. The molecule has 0 atom stereocenters. The van der Waals surface area contributed by atoms with Crippen LogP contribution in [0.4, 0.5) is 0 Å². The van der Waals surface area contributed by atoms with Crippen LogP contribution in [0.1, 0.15) is 46.6 Å². The van der Waals surface area contributed by atoms with Gasteiger partial charge in [-0.05, 0) is 29.5 Å². The van der Waals surface area contributed by atoms with E-state index in [-0.39, 0.29) is 5.41 Å². The monoisotopic (exact) mass is 255 g/mol. The van der Waals surface area contributed by atoms with Gasteiger partial charge in [-0.3, -0.25) is 4.98 Å². The van der Waals surface area contributed by atoms with E-state index in [1.165, 1.54) is 11.1 Å². The molecule has 0 N–H and O–H groups in total. The van der Waals surface area contributed by atoms with E-state index in [2.05, 4.69) is 56.1 Å². The Labute approximate surface area is 117 Å². The summed E-state index contributed by atoms with van der Waals surface area (Å²) < 4.78 is 0. The Bertz CT molecular complexity index is 486. The molecular formula is C18H25N. The maximum atomic E-state index is 4.46. The van der Waals surface area contributed by atoms with E-state index in [0.717, 1.165) is 12.1 Å². The van der Waals surface area contributed by atoms with E-state index < -0.39 is 0 Å². The Morgan fingerprint density at radius 3 is 2.16 bits per heavy atom. The maximum Gasteiger partial charge on any atom is 0.0704 e. The number of benzene rings is 1. The van der Waals surface area contributed by atoms with Gasteiger partial charge in [0.25, 0.3) is 0 Å². The lowest BCUT2D eigenvalue weighted by Crippen LogP contribution is -2.16. The molecule has 0 bridgehead atoms. The molecule has 102 valence electrons. The Hall–Kier alpha value is -1.63. The fourth-order valence-electron chi connectivity index (χ4n) is 2.01. The molecule has 2 aromatic rings. The van der Waals surface area contributed by atoms with Crippen molar-refractivity contribution >= 4 is 0 Å². The minimum absolute atomic E-state index is 0.189. The Morgan fingerprint density at radius 1 is 0.947 bits per heavy atom. The highest BCUT2D eigenvalue weighted by atomic mass is 14.7. The van der Waals surface area contributed by atoms with Crippen LogP contribution in [0, 0.1) is 0 Å². The highest BCUT2D eigenvalue weighted by Crippen LogP contribution is 2.34. The Morgan fingerprint density at radius 2 is 1.58 bits per heavy atom. The zero-order valence-corrected chi connectivity index (χ0v) is 12.8. The first-order chi connectivity index (χ1) is 9.15. The summed E-state index contributed by atoms with van der Waals surface area (Å²) in [4.78, 5) is 4.46. The molecule has 1 aromatic carbocycles. The summed E-state index contributed by atoms with van der Waals surface area (Å²) in [7, 11) is 0. The van der Waals surface area contributed by atoms with Gasteiger partial charge in [0, 0.05) is 11.8 Å². The Balaban J connectivity index is 0.000000861. The van der Waals surface area contributed by atoms with E-state index in [9.17, 15) is 0 Å². The molecule has 1 aromatic heterocycles. The third kappa shape index (κ3) is 3.66. The van der Waals surface area contributed by atoms with Crippen molar-refractivity contribution in [3.8, 4) is 11.3 Å². The van der Waals surface area contributed by atoms with Crippen molar-refractivity contribution in [2.45, 2.75) is 46.5 Å². The van der Waals surface area contributed by atoms with Crippen LogP contribution in [0.5, 0.6) is 0 Å². The van der Waals surface area contributed by atoms with Crippen molar-refractivity contribution in [3.63, 3.8) is 0 Å². The number of aromatic nitrogens is 1. The topological polar surface area (TPSA) is 12.9 Å². The smallest absolute Gasteiger partial charge is 0.0704 e. The van der Waals surface area contributed by atoms with E-state index in [0.29, 0.717) is 0 Å². The predicted octanol–water partition coefficient (Wildman–Crippen LogP) is 5.46. The fourth-order valence-corrected chi connectivity index (χ4v) is 2.01. The van der Waals surface area contributed by atoms with Crippen molar-refractivity contribution in [3.05, 3.63) is 54.2 Å². The molecule has 0 saturated heterocycles.